The Morgan fingerprint density at radius 1 is 1.05 bits per heavy atom. The van der Waals surface area contributed by atoms with Gasteiger partial charge in [0.15, 0.2) is 0 Å². The van der Waals surface area contributed by atoms with Crippen molar-refractivity contribution >= 4 is 85.9 Å². The van der Waals surface area contributed by atoms with Gasteiger partial charge in [0.2, 0.25) is 5.96 Å². The van der Waals surface area contributed by atoms with Crippen LogP contribution in [0.4, 0.5) is 0 Å². The molecule has 0 saturated carbocycles. The van der Waals surface area contributed by atoms with Crippen LogP contribution in [-0.2, 0) is 0 Å². The van der Waals surface area contributed by atoms with Crippen molar-refractivity contribution in [3.05, 3.63) is 122 Å². The highest BCUT2D eigenvalue weighted by Gasteiger charge is 2.38. The average Bonchev–Trinajstić information content (AvgIpc) is 3.36. The summed E-state index contributed by atoms with van der Waals surface area (Å²) < 4.78 is 1.25. The molecule has 0 radical (unpaired) electrons. The average molecular weight is 650 g/mol. The fourth-order valence-electron chi connectivity index (χ4n) is 5.84. The maximum absolute atomic E-state index is 9.31. The number of hydrogen-bond donors (Lipinski definition) is 5. The van der Waals surface area contributed by atoms with Crippen molar-refractivity contribution in [3.63, 3.8) is 0 Å². The summed E-state index contributed by atoms with van der Waals surface area (Å²) in [6.07, 6.45) is 6.60. The predicted octanol–water partition coefficient (Wildman–Crippen LogP) is 8.64. The highest BCUT2D eigenvalue weighted by molar-refractivity contribution is 7.20. The molecule has 2 aromatic heterocycles. The Labute approximate surface area is 268 Å². The minimum Gasteiger partial charge on any atom is -0.342 e. The number of aryl methyl sites for hydroxylation is 1. The highest BCUT2D eigenvalue weighted by Crippen LogP contribution is 2.50. The number of allylic oxidation sites excluding steroid dienone is 3. The van der Waals surface area contributed by atoms with Gasteiger partial charge in [0, 0.05) is 11.3 Å². The van der Waals surface area contributed by atoms with Crippen LogP contribution in [0, 0.1) is 17.7 Å². The van der Waals surface area contributed by atoms with Crippen LogP contribution in [0.3, 0.4) is 0 Å². The summed E-state index contributed by atoms with van der Waals surface area (Å²) in [4.78, 5) is 0. The Morgan fingerprint density at radius 2 is 1.84 bits per heavy atom. The number of thiophene rings is 1. The van der Waals surface area contributed by atoms with Crippen LogP contribution in [0.25, 0.3) is 27.2 Å². The standard InChI is InChI=1S/C24H20Cl2N4OS.C8H6N2.ClH/c1-11-4-2-5-12-8-9-15-13-6-3-7-14(16-10-17(25)32-23(16)26)19(13)21(27)22(20(15)18(11)12)29-24(28)30-31;1-2-4-8-7(3-1)5-6-9-10-8;/h2-6,8-10,14,22,27,31H,7H2,1H3,(H3,28,29,30);1-6H;1H. The van der Waals surface area contributed by atoms with Crippen molar-refractivity contribution in [2.75, 3.05) is 0 Å². The number of halogens is 3. The van der Waals surface area contributed by atoms with Gasteiger partial charge < -0.3 is 10.7 Å². The van der Waals surface area contributed by atoms with E-state index in [0.29, 0.717) is 20.8 Å². The summed E-state index contributed by atoms with van der Waals surface area (Å²) in [5.41, 5.74) is 8.98. The molecular weight excluding hydrogens is 623 g/mol. The molecule has 11 heteroatoms. The maximum Gasteiger partial charge on any atom is 0.213 e. The first kappa shape index (κ1) is 30.7. The zero-order chi connectivity index (χ0) is 29.4. The summed E-state index contributed by atoms with van der Waals surface area (Å²) >= 11 is 14.1. The predicted molar refractivity (Wildman–Crippen MR) is 179 cm³/mol. The van der Waals surface area contributed by atoms with E-state index in [-0.39, 0.29) is 24.3 Å². The quantitative estimate of drug-likeness (QED) is 0.0745. The Kier molecular flexibility index (Phi) is 9.15. The van der Waals surface area contributed by atoms with Crippen LogP contribution >= 0.6 is 46.9 Å². The van der Waals surface area contributed by atoms with Crippen molar-refractivity contribution in [1.82, 2.24) is 21.0 Å². The number of benzene rings is 3. The number of nitrogens with zero attached hydrogens (tertiary/aromatic N) is 2. The highest BCUT2D eigenvalue weighted by atomic mass is 35.5. The molecule has 43 heavy (non-hydrogen) atoms. The van der Waals surface area contributed by atoms with Crippen LogP contribution in [0.5, 0.6) is 0 Å². The molecule has 7 rings (SSSR count). The zero-order valence-corrected chi connectivity index (χ0v) is 26.0. The van der Waals surface area contributed by atoms with Crippen molar-refractivity contribution in [1.29, 1.82) is 10.8 Å². The molecule has 2 aliphatic rings. The third-order valence-electron chi connectivity index (χ3n) is 7.63. The molecule has 2 atom stereocenters. The lowest BCUT2D eigenvalue weighted by Gasteiger charge is -2.37. The van der Waals surface area contributed by atoms with E-state index in [1.165, 1.54) is 11.3 Å². The van der Waals surface area contributed by atoms with E-state index in [1.54, 1.807) is 6.20 Å². The molecule has 2 heterocycles. The first-order valence-corrected chi connectivity index (χ1v) is 14.8. The lowest BCUT2D eigenvalue weighted by Crippen LogP contribution is -2.43. The molecule has 2 aliphatic carbocycles. The van der Waals surface area contributed by atoms with Crippen molar-refractivity contribution in [2.45, 2.75) is 25.3 Å². The number of hydrogen-bond acceptors (Lipinski definition) is 6. The van der Waals surface area contributed by atoms with Crippen molar-refractivity contribution in [3.8, 4) is 0 Å². The van der Waals surface area contributed by atoms with Gasteiger partial charge in [0.05, 0.1) is 32.1 Å². The van der Waals surface area contributed by atoms with E-state index in [1.807, 2.05) is 47.9 Å². The largest absolute Gasteiger partial charge is 0.342 e. The molecule has 7 nitrogen and oxygen atoms in total. The Hall–Kier alpha value is -3.79. The molecule has 2 unspecified atom stereocenters. The molecule has 0 spiro atoms. The number of rotatable bonds is 2. The first-order valence-electron chi connectivity index (χ1n) is 13.3. The van der Waals surface area contributed by atoms with Gasteiger partial charge in [-0.05, 0) is 75.7 Å². The first-order chi connectivity index (χ1) is 20.4. The second-order valence-corrected chi connectivity index (χ2v) is 12.4. The Balaban J connectivity index is 0.000000282. The number of nitrogens with one attached hydrogen (secondary N) is 4. The van der Waals surface area contributed by atoms with E-state index >= 15 is 0 Å². The topological polar surface area (TPSA) is 118 Å². The van der Waals surface area contributed by atoms with Gasteiger partial charge in [-0.15, -0.1) is 23.7 Å². The normalized spacial score (nSPS) is 17.0. The molecule has 3 aromatic carbocycles. The minimum atomic E-state index is -0.609. The van der Waals surface area contributed by atoms with Crippen LogP contribution in [0.1, 0.15) is 40.6 Å². The third kappa shape index (κ3) is 5.77. The Morgan fingerprint density at radius 3 is 2.58 bits per heavy atom. The van der Waals surface area contributed by atoms with Crippen LogP contribution in [0.2, 0.25) is 8.67 Å². The van der Waals surface area contributed by atoms with Gasteiger partial charge in [-0.25, -0.2) is 5.48 Å². The molecule has 0 aliphatic heterocycles. The molecule has 0 fully saturated rings. The van der Waals surface area contributed by atoms with Crippen LogP contribution < -0.4 is 10.8 Å². The smallest absolute Gasteiger partial charge is 0.213 e. The van der Waals surface area contributed by atoms with Gasteiger partial charge >= 0.3 is 0 Å². The van der Waals surface area contributed by atoms with Crippen LogP contribution in [-0.4, -0.2) is 27.1 Å². The molecular formula is C32H27Cl3N6OS. The van der Waals surface area contributed by atoms with Gasteiger partial charge in [0.25, 0.3) is 0 Å². The molecule has 218 valence electrons. The molecule has 5 aromatic rings. The maximum atomic E-state index is 9.31. The molecule has 0 saturated heterocycles. The molecule has 5 N–H and O–H groups in total. The second-order valence-electron chi connectivity index (χ2n) is 10.1. The summed E-state index contributed by atoms with van der Waals surface area (Å²) in [5, 5.41) is 40.5. The summed E-state index contributed by atoms with van der Waals surface area (Å²) in [7, 11) is 0. The summed E-state index contributed by atoms with van der Waals surface area (Å²) in [5.74, 6) is -0.375. The van der Waals surface area contributed by atoms with Crippen LogP contribution in [0.15, 0.2) is 90.7 Å². The SMILES string of the molecule is Cc1cccc2ccc3c(c12)C(NC(=N)NO)C(=N)C1=C3C=CCC1c1cc(Cl)sc1Cl.Cl.c1ccc2nnccc2c1. The second kappa shape index (κ2) is 12.8. The lowest BCUT2D eigenvalue weighted by molar-refractivity contribution is 0.228. The minimum absolute atomic E-state index is 0. The van der Waals surface area contributed by atoms with E-state index in [2.05, 4.69) is 58.9 Å². The number of fused-ring (bicyclic) bond motifs is 5. The van der Waals surface area contributed by atoms with Crippen molar-refractivity contribution in [2.24, 2.45) is 0 Å². The zero-order valence-electron chi connectivity index (χ0n) is 22.9. The number of aromatic nitrogens is 2. The molecule has 0 bridgehead atoms. The monoisotopic (exact) mass is 648 g/mol. The summed E-state index contributed by atoms with van der Waals surface area (Å²) in [6.45, 7) is 2.05. The fraction of sp³-hybridized carbons (Fsp3) is 0.125. The summed E-state index contributed by atoms with van der Waals surface area (Å²) in [6, 6.07) is 21.4. The lowest BCUT2D eigenvalue weighted by atomic mass is 9.70. The van der Waals surface area contributed by atoms with Gasteiger partial charge in [-0.3, -0.25) is 10.6 Å². The van der Waals surface area contributed by atoms with E-state index in [0.717, 1.165) is 55.1 Å². The van der Waals surface area contributed by atoms with Gasteiger partial charge in [-0.1, -0.05) is 83.9 Å². The van der Waals surface area contributed by atoms with Gasteiger partial charge in [-0.2, -0.15) is 10.2 Å². The van der Waals surface area contributed by atoms with E-state index in [9.17, 15) is 10.6 Å². The van der Waals surface area contributed by atoms with Crippen molar-refractivity contribution < 1.29 is 5.21 Å². The number of guanidine groups is 1. The Bertz CT molecular complexity index is 1870. The third-order valence-corrected chi connectivity index (χ3v) is 9.15. The fourth-order valence-corrected chi connectivity index (χ4v) is 7.42. The van der Waals surface area contributed by atoms with E-state index < -0.39 is 6.04 Å². The molecule has 0 amide bonds. The van der Waals surface area contributed by atoms with E-state index in [4.69, 9.17) is 28.6 Å². The number of hydroxylamine groups is 1. The van der Waals surface area contributed by atoms with Gasteiger partial charge in [0.1, 0.15) is 0 Å².